The van der Waals surface area contributed by atoms with Gasteiger partial charge in [0, 0.05) is 11.6 Å². The average molecular weight is 337 g/mol. The number of rotatable bonds is 4. The third-order valence-corrected chi connectivity index (χ3v) is 3.09. The van der Waals surface area contributed by atoms with Gasteiger partial charge in [-0.25, -0.2) is 9.18 Å². The molecule has 0 heterocycles. The fourth-order valence-corrected chi connectivity index (χ4v) is 1.92. The van der Waals surface area contributed by atoms with E-state index in [4.69, 9.17) is 9.84 Å². The number of hydrogen-bond acceptors (Lipinski definition) is 2. The second kappa shape index (κ2) is 6.34. The van der Waals surface area contributed by atoms with E-state index < -0.39 is 11.8 Å². The van der Waals surface area contributed by atoms with Crippen LogP contribution >= 0.6 is 15.9 Å². The van der Waals surface area contributed by atoms with E-state index in [9.17, 15) is 9.18 Å². The molecular weight excluding hydrogens is 327 g/mol. The minimum atomic E-state index is -1.11. The Bertz CT molecular complexity index is 668. The first-order valence-corrected chi connectivity index (χ1v) is 6.48. The van der Waals surface area contributed by atoms with Crippen molar-refractivity contribution in [2.75, 3.05) is 0 Å². The van der Waals surface area contributed by atoms with Crippen LogP contribution in [0.25, 0.3) is 6.08 Å². The molecular formula is C15H10BrFO3. The summed E-state index contributed by atoms with van der Waals surface area (Å²) in [7, 11) is 0. The van der Waals surface area contributed by atoms with Crippen molar-refractivity contribution in [2.45, 2.75) is 0 Å². The molecule has 0 spiro atoms. The van der Waals surface area contributed by atoms with Crippen LogP contribution in [0.5, 0.6) is 11.5 Å². The van der Waals surface area contributed by atoms with Gasteiger partial charge in [-0.2, -0.15) is 0 Å². The van der Waals surface area contributed by atoms with E-state index in [1.807, 2.05) is 12.1 Å². The Balaban J connectivity index is 2.36. The van der Waals surface area contributed by atoms with Crippen molar-refractivity contribution in [2.24, 2.45) is 0 Å². The molecule has 5 heteroatoms. The standard InChI is InChI=1S/C15H10BrFO3/c16-12-3-1-2-4-14(12)20-13-7-6-11(17)9-10(13)5-8-15(18)19/h1-9H,(H,18,19)/b8-5+. The molecule has 3 nitrogen and oxygen atoms in total. The van der Waals surface area contributed by atoms with Gasteiger partial charge in [0.05, 0.1) is 4.47 Å². The number of benzene rings is 2. The highest BCUT2D eigenvalue weighted by molar-refractivity contribution is 9.10. The molecule has 0 saturated heterocycles. The Morgan fingerprint density at radius 1 is 1.20 bits per heavy atom. The summed E-state index contributed by atoms with van der Waals surface area (Å²) in [6.45, 7) is 0. The lowest BCUT2D eigenvalue weighted by molar-refractivity contribution is -0.131. The fourth-order valence-electron chi connectivity index (χ4n) is 1.55. The quantitative estimate of drug-likeness (QED) is 0.837. The molecule has 102 valence electrons. The maximum absolute atomic E-state index is 13.2. The van der Waals surface area contributed by atoms with E-state index in [-0.39, 0.29) is 0 Å². The Morgan fingerprint density at radius 2 is 1.95 bits per heavy atom. The normalized spacial score (nSPS) is 10.7. The van der Waals surface area contributed by atoms with Gasteiger partial charge in [0.1, 0.15) is 17.3 Å². The number of carbonyl (C=O) groups is 1. The zero-order valence-corrected chi connectivity index (χ0v) is 11.8. The first-order valence-electron chi connectivity index (χ1n) is 5.69. The van der Waals surface area contributed by atoms with E-state index in [2.05, 4.69) is 15.9 Å². The highest BCUT2D eigenvalue weighted by atomic mass is 79.9. The number of para-hydroxylation sites is 1. The van der Waals surface area contributed by atoms with Gasteiger partial charge in [0.15, 0.2) is 0 Å². The molecule has 0 aliphatic heterocycles. The molecule has 0 aliphatic carbocycles. The first-order chi connectivity index (χ1) is 9.56. The van der Waals surface area contributed by atoms with Crippen molar-refractivity contribution in [3.8, 4) is 11.5 Å². The smallest absolute Gasteiger partial charge is 0.328 e. The molecule has 0 atom stereocenters. The lowest BCUT2D eigenvalue weighted by Gasteiger charge is -2.10. The molecule has 2 aromatic rings. The van der Waals surface area contributed by atoms with Gasteiger partial charge in [0.2, 0.25) is 0 Å². The Labute approximate surface area is 123 Å². The number of aliphatic carboxylic acids is 1. The maximum Gasteiger partial charge on any atom is 0.328 e. The molecule has 2 rings (SSSR count). The summed E-state index contributed by atoms with van der Waals surface area (Å²) in [5.74, 6) is -0.643. The minimum Gasteiger partial charge on any atom is -0.478 e. The summed E-state index contributed by atoms with van der Waals surface area (Å²) < 4.78 is 19.7. The second-order valence-electron chi connectivity index (χ2n) is 3.89. The van der Waals surface area contributed by atoms with Gasteiger partial charge < -0.3 is 9.84 Å². The summed E-state index contributed by atoms with van der Waals surface area (Å²) in [5.41, 5.74) is 0.350. The molecule has 0 aliphatic rings. The van der Waals surface area contributed by atoms with Gasteiger partial charge >= 0.3 is 5.97 Å². The SMILES string of the molecule is O=C(O)/C=C/c1cc(F)ccc1Oc1ccccc1Br. The van der Waals surface area contributed by atoms with Gasteiger partial charge in [-0.1, -0.05) is 12.1 Å². The van der Waals surface area contributed by atoms with Crippen LogP contribution in [-0.2, 0) is 4.79 Å². The molecule has 0 amide bonds. The summed E-state index contributed by atoms with van der Waals surface area (Å²) >= 11 is 3.34. The summed E-state index contributed by atoms with van der Waals surface area (Å²) in [5, 5.41) is 8.64. The van der Waals surface area contributed by atoms with Crippen molar-refractivity contribution in [1.82, 2.24) is 0 Å². The molecule has 0 saturated carbocycles. The average Bonchev–Trinajstić information content (AvgIpc) is 2.41. The summed E-state index contributed by atoms with van der Waals surface area (Å²) in [6.07, 6.45) is 2.22. The number of carboxylic acids is 1. The maximum atomic E-state index is 13.2. The Hall–Kier alpha value is -2.14. The van der Waals surface area contributed by atoms with Crippen molar-refractivity contribution in [3.63, 3.8) is 0 Å². The lowest BCUT2D eigenvalue weighted by atomic mass is 10.2. The van der Waals surface area contributed by atoms with Gasteiger partial charge in [-0.05, 0) is 52.3 Å². The van der Waals surface area contributed by atoms with Crippen LogP contribution in [0.4, 0.5) is 4.39 Å². The molecule has 2 aromatic carbocycles. The number of ether oxygens (including phenoxy) is 1. The lowest BCUT2D eigenvalue weighted by Crippen LogP contribution is -1.91. The van der Waals surface area contributed by atoms with Gasteiger partial charge in [-0.15, -0.1) is 0 Å². The molecule has 0 fully saturated rings. The van der Waals surface area contributed by atoms with Crippen molar-refractivity contribution < 1.29 is 19.0 Å². The van der Waals surface area contributed by atoms with Crippen LogP contribution in [0.3, 0.4) is 0 Å². The third-order valence-electron chi connectivity index (χ3n) is 2.43. The fraction of sp³-hybridized carbons (Fsp3) is 0. The molecule has 1 N–H and O–H groups in total. The molecule has 0 bridgehead atoms. The molecule has 20 heavy (non-hydrogen) atoms. The highest BCUT2D eigenvalue weighted by Gasteiger charge is 2.07. The van der Waals surface area contributed by atoms with Crippen molar-refractivity contribution in [3.05, 3.63) is 64.4 Å². The van der Waals surface area contributed by atoms with Crippen LogP contribution in [-0.4, -0.2) is 11.1 Å². The van der Waals surface area contributed by atoms with Crippen LogP contribution in [0.2, 0.25) is 0 Å². The van der Waals surface area contributed by atoms with E-state index >= 15 is 0 Å². The minimum absolute atomic E-state index is 0.350. The number of carboxylic acid groups (broad SMARTS) is 1. The van der Waals surface area contributed by atoms with Crippen LogP contribution < -0.4 is 4.74 Å². The monoisotopic (exact) mass is 336 g/mol. The summed E-state index contributed by atoms with van der Waals surface area (Å²) in [4.78, 5) is 10.6. The van der Waals surface area contributed by atoms with E-state index in [1.54, 1.807) is 12.1 Å². The largest absolute Gasteiger partial charge is 0.478 e. The Kier molecular flexibility index (Phi) is 4.53. The van der Waals surface area contributed by atoms with E-state index in [0.717, 1.165) is 10.5 Å². The predicted molar refractivity (Wildman–Crippen MR) is 77.3 cm³/mol. The van der Waals surface area contributed by atoms with Crippen LogP contribution in [0.15, 0.2) is 53.0 Å². The first kappa shape index (κ1) is 14.3. The highest BCUT2D eigenvalue weighted by Crippen LogP contribution is 2.32. The zero-order valence-electron chi connectivity index (χ0n) is 10.2. The Morgan fingerprint density at radius 3 is 2.65 bits per heavy atom. The van der Waals surface area contributed by atoms with Gasteiger partial charge in [-0.3, -0.25) is 0 Å². The predicted octanol–water partition coefficient (Wildman–Crippen LogP) is 4.48. The van der Waals surface area contributed by atoms with Crippen LogP contribution in [0, 0.1) is 5.82 Å². The molecule has 0 aromatic heterocycles. The van der Waals surface area contributed by atoms with E-state index in [0.29, 0.717) is 17.1 Å². The zero-order chi connectivity index (χ0) is 14.5. The topological polar surface area (TPSA) is 46.5 Å². The van der Waals surface area contributed by atoms with Crippen molar-refractivity contribution >= 4 is 28.0 Å². The molecule has 0 unspecified atom stereocenters. The second-order valence-corrected chi connectivity index (χ2v) is 4.74. The van der Waals surface area contributed by atoms with Crippen molar-refractivity contribution in [1.29, 1.82) is 0 Å². The van der Waals surface area contributed by atoms with Gasteiger partial charge in [0.25, 0.3) is 0 Å². The summed E-state index contributed by atoms with van der Waals surface area (Å²) in [6, 6.07) is 11.1. The van der Waals surface area contributed by atoms with E-state index in [1.165, 1.54) is 24.3 Å². The van der Waals surface area contributed by atoms with Crippen LogP contribution in [0.1, 0.15) is 5.56 Å². The molecule has 0 radical (unpaired) electrons. The number of halogens is 2. The number of hydrogen-bond donors (Lipinski definition) is 1. The third kappa shape index (κ3) is 3.68.